The predicted octanol–water partition coefficient (Wildman–Crippen LogP) is 2.03. The van der Waals surface area contributed by atoms with Crippen molar-refractivity contribution in [2.75, 3.05) is 38.7 Å². The number of nitrogens with zero attached hydrogens (tertiary/aromatic N) is 2. The molecule has 0 spiro atoms. The smallest absolute Gasteiger partial charge is 0.259 e. The average Bonchev–Trinajstić information content (AvgIpc) is 2.75. The van der Waals surface area contributed by atoms with Crippen LogP contribution in [-0.4, -0.2) is 52.0 Å². The molecule has 1 saturated heterocycles. The van der Waals surface area contributed by atoms with Gasteiger partial charge in [0.25, 0.3) is 5.91 Å². The molecule has 1 heterocycles. The van der Waals surface area contributed by atoms with Crippen LogP contribution < -0.4 is 10.1 Å². The van der Waals surface area contributed by atoms with Gasteiger partial charge in [0, 0.05) is 18.8 Å². The summed E-state index contributed by atoms with van der Waals surface area (Å²) in [6, 6.07) is 13.1. The number of carbonyl (C=O) groups is 1. The number of carbonyl (C=O) groups excluding carboxylic acids is 1. The van der Waals surface area contributed by atoms with Gasteiger partial charge in [-0.1, -0.05) is 12.1 Å². The van der Waals surface area contributed by atoms with E-state index in [0.717, 1.165) is 5.56 Å². The number of nitriles is 1. The number of methoxy groups -OCH3 is 1. The Kier molecular flexibility index (Phi) is 6.49. The molecule has 0 unspecified atom stereocenters. The second kappa shape index (κ2) is 9.05. The van der Waals surface area contributed by atoms with Crippen molar-refractivity contribution >= 4 is 21.6 Å². The highest BCUT2D eigenvalue weighted by Gasteiger charge is 2.28. The van der Waals surface area contributed by atoms with Gasteiger partial charge in [-0.25, -0.2) is 8.42 Å². The van der Waals surface area contributed by atoms with Crippen molar-refractivity contribution in [2.45, 2.75) is 11.3 Å². The van der Waals surface area contributed by atoms with Crippen molar-refractivity contribution in [2.24, 2.45) is 0 Å². The second-order valence-corrected chi connectivity index (χ2v) is 8.30. The zero-order valence-corrected chi connectivity index (χ0v) is 16.7. The van der Waals surface area contributed by atoms with Crippen LogP contribution in [-0.2, 0) is 21.2 Å². The fourth-order valence-corrected chi connectivity index (χ4v) is 4.39. The van der Waals surface area contributed by atoms with Crippen LogP contribution in [0.25, 0.3) is 0 Å². The lowest BCUT2D eigenvalue weighted by molar-refractivity contribution is 0.0730. The van der Waals surface area contributed by atoms with Gasteiger partial charge in [-0.3, -0.25) is 4.79 Å². The summed E-state index contributed by atoms with van der Waals surface area (Å²) in [6.07, 6.45) is 0.281. The van der Waals surface area contributed by atoms with E-state index in [0.29, 0.717) is 18.9 Å². The van der Waals surface area contributed by atoms with E-state index in [1.165, 1.54) is 29.6 Å². The molecule has 0 radical (unpaired) electrons. The van der Waals surface area contributed by atoms with Gasteiger partial charge in [-0.2, -0.15) is 9.57 Å². The average molecular weight is 415 g/mol. The maximum absolute atomic E-state index is 12.9. The maximum atomic E-state index is 12.9. The molecule has 0 saturated carbocycles. The monoisotopic (exact) mass is 415 g/mol. The van der Waals surface area contributed by atoms with Crippen LogP contribution >= 0.6 is 0 Å². The molecule has 0 atom stereocenters. The molecule has 29 heavy (non-hydrogen) atoms. The summed E-state index contributed by atoms with van der Waals surface area (Å²) >= 11 is 0. The molecular weight excluding hydrogens is 394 g/mol. The number of amides is 1. The predicted molar refractivity (Wildman–Crippen MR) is 106 cm³/mol. The molecular formula is C20H21N3O5S. The van der Waals surface area contributed by atoms with Crippen LogP contribution in [0.3, 0.4) is 0 Å². The summed E-state index contributed by atoms with van der Waals surface area (Å²) in [4.78, 5) is 12.8. The number of benzene rings is 2. The van der Waals surface area contributed by atoms with E-state index < -0.39 is 15.9 Å². The van der Waals surface area contributed by atoms with Crippen LogP contribution in [0.5, 0.6) is 5.75 Å². The van der Waals surface area contributed by atoms with Gasteiger partial charge < -0.3 is 14.8 Å². The lowest BCUT2D eigenvalue weighted by atomic mass is 10.1. The Labute approximate surface area is 169 Å². The third kappa shape index (κ3) is 4.74. The molecule has 2 aromatic rings. The summed E-state index contributed by atoms with van der Waals surface area (Å²) in [5, 5.41) is 11.5. The zero-order valence-electron chi connectivity index (χ0n) is 15.9. The number of rotatable bonds is 6. The molecule has 0 bridgehead atoms. The van der Waals surface area contributed by atoms with Crippen LogP contribution in [0.4, 0.5) is 5.69 Å². The number of hydrogen-bond donors (Lipinski definition) is 1. The Balaban J connectivity index is 1.86. The van der Waals surface area contributed by atoms with Gasteiger partial charge in [0.15, 0.2) is 0 Å². The van der Waals surface area contributed by atoms with E-state index in [2.05, 4.69) is 11.4 Å². The number of hydrogen-bond acceptors (Lipinski definition) is 6. The lowest BCUT2D eigenvalue weighted by Gasteiger charge is -2.26. The quantitative estimate of drug-likeness (QED) is 0.773. The highest BCUT2D eigenvalue weighted by molar-refractivity contribution is 7.89. The summed E-state index contributed by atoms with van der Waals surface area (Å²) in [7, 11) is -2.33. The number of anilines is 1. The Morgan fingerprint density at radius 1 is 1.21 bits per heavy atom. The molecule has 1 N–H and O–H groups in total. The Hall–Kier alpha value is -2.93. The van der Waals surface area contributed by atoms with Crippen molar-refractivity contribution in [3.63, 3.8) is 0 Å². The van der Waals surface area contributed by atoms with E-state index in [1.807, 2.05) is 0 Å². The molecule has 8 nitrogen and oxygen atoms in total. The fourth-order valence-electron chi connectivity index (χ4n) is 2.96. The topological polar surface area (TPSA) is 109 Å². The van der Waals surface area contributed by atoms with Crippen LogP contribution in [0.2, 0.25) is 0 Å². The lowest BCUT2D eigenvalue weighted by Crippen LogP contribution is -2.40. The highest BCUT2D eigenvalue weighted by atomic mass is 32.2. The zero-order chi connectivity index (χ0) is 20.9. The van der Waals surface area contributed by atoms with E-state index in [9.17, 15) is 13.2 Å². The van der Waals surface area contributed by atoms with E-state index in [-0.39, 0.29) is 35.7 Å². The van der Waals surface area contributed by atoms with Gasteiger partial charge >= 0.3 is 0 Å². The number of ether oxygens (including phenoxy) is 2. The first kappa shape index (κ1) is 20.8. The standard InChI is InChI=1S/C20H21N3O5S/c1-27-19-7-6-17(29(25,26)23-10-12-28-13-11-23)14-18(19)20(24)22-16-4-2-15(3-5-16)8-9-21/h2-7,14H,8,10-13H2,1H3,(H,22,24). The van der Waals surface area contributed by atoms with Gasteiger partial charge in [-0.05, 0) is 35.9 Å². The summed E-state index contributed by atoms with van der Waals surface area (Å²) in [5.74, 6) is -0.224. The summed E-state index contributed by atoms with van der Waals surface area (Å²) < 4.78 is 37.6. The van der Waals surface area contributed by atoms with Crippen molar-refractivity contribution in [1.29, 1.82) is 5.26 Å². The van der Waals surface area contributed by atoms with Crippen molar-refractivity contribution < 1.29 is 22.7 Å². The Morgan fingerprint density at radius 3 is 2.52 bits per heavy atom. The Bertz CT molecular complexity index is 1020. The van der Waals surface area contributed by atoms with Gasteiger partial charge in [0.1, 0.15) is 5.75 Å². The van der Waals surface area contributed by atoms with Gasteiger partial charge in [0.05, 0.1) is 43.3 Å². The third-order valence-electron chi connectivity index (χ3n) is 4.52. The van der Waals surface area contributed by atoms with E-state index in [4.69, 9.17) is 14.7 Å². The number of sulfonamides is 1. The first-order valence-electron chi connectivity index (χ1n) is 8.99. The number of nitrogens with one attached hydrogen (secondary N) is 1. The molecule has 3 rings (SSSR count). The molecule has 152 valence electrons. The van der Waals surface area contributed by atoms with Crippen molar-refractivity contribution in [3.05, 3.63) is 53.6 Å². The SMILES string of the molecule is COc1ccc(S(=O)(=O)N2CCOCC2)cc1C(=O)Nc1ccc(CC#N)cc1. The molecule has 1 aliphatic heterocycles. The minimum atomic E-state index is -3.74. The molecule has 1 fully saturated rings. The van der Waals surface area contributed by atoms with Crippen LogP contribution in [0, 0.1) is 11.3 Å². The normalized spacial score (nSPS) is 14.8. The largest absolute Gasteiger partial charge is 0.496 e. The molecule has 1 aliphatic rings. The van der Waals surface area contributed by atoms with E-state index in [1.54, 1.807) is 24.3 Å². The van der Waals surface area contributed by atoms with Gasteiger partial charge in [0.2, 0.25) is 10.0 Å². The fraction of sp³-hybridized carbons (Fsp3) is 0.300. The number of morpholine rings is 1. The molecule has 9 heteroatoms. The first-order valence-corrected chi connectivity index (χ1v) is 10.4. The van der Waals surface area contributed by atoms with E-state index >= 15 is 0 Å². The molecule has 1 amide bonds. The summed E-state index contributed by atoms with van der Waals surface area (Å²) in [5.41, 5.74) is 1.48. The minimum absolute atomic E-state index is 0.0229. The van der Waals surface area contributed by atoms with Crippen molar-refractivity contribution in [1.82, 2.24) is 4.31 Å². The van der Waals surface area contributed by atoms with Crippen LogP contribution in [0.1, 0.15) is 15.9 Å². The molecule has 0 aromatic heterocycles. The minimum Gasteiger partial charge on any atom is -0.496 e. The molecule has 2 aromatic carbocycles. The van der Waals surface area contributed by atoms with Crippen molar-refractivity contribution in [3.8, 4) is 11.8 Å². The third-order valence-corrected chi connectivity index (χ3v) is 6.41. The Morgan fingerprint density at radius 2 is 1.90 bits per heavy atom. The maximum Gasteiger partial charge on any atom is 0.259 e. The van der Waals surface area contributed by atoms with Gasteiger partial charge in [-0.15, -0.1) is 0 Å². The first-order chi connectivity index (χ1) is 14.0. The molecule has 0 aliphatic carbocycles. The van der Waals surface area contributed by atoms with Crippen LogP contribution in [0.15, 0.2) is 47.4 Å². The second-order valence-electron chi connectivity index (χ2n) is 6.36. The highest BCUT2D eigenvalue weighted by Crippen LogP contribution is 2.26. The summed E-state index contributed by atoms with van der Waals surface area (Å²) in [6.45, 7) is 1.21.